The van der Waals surface area contributed by atoms with E-state index >= 15 is 0 Å². The smallest absolute Gasteiger partial charge is 0.0565 e. The molecule has 0 amide bonds. The second kappa shape index (κ2) is 6.40. The third kappa shape index (κ3) is 4.22. The molecule has 1 aliphatic heterocycles. The highest BCUT2D eigenvalue weighted by Crippen LogP contribution is 2.19. The first-order valence-electron chi connectivity index (χ1n) is 7.19. The average Bonchev–Trinajstić information content (AvgIpc) is 2.36. The average molecular weight is 262 g/mol. The lowest BCUT2D eigenvalue weighted by atomic mass is 9.99. The summed E-state index contributed by atoms with van der Waals surface area (Å²) in [6.45, 7) is 5.27. The van der Waals surface area contributed by atoms with Crippen molar-refractivity contribution in [2.75, 3.05) is 19.0 Å². The first-order chi connectivity index (χ1) is 9.04. The van der Waals surface area contributed by atoms with Gasteiger partial charge in [-0.3, -0.25) is 0 Å². The van der Waals surface area contributed by atoms with Gasteiger partial charge in [0.15, 0.2) is 0 Å². The second-order valence-corrected chi connectivity index (χ2v) is 5.87. The van der Waals surface area contributed by atoms with Crippen molar-refractivity contribution in [1.29, 1.82) is 0 Å². The Bertz CT molecular complexity index is 378. The molecule has 19 heavy (non-hydrogen) atoms. The molecular formula is C16H26N2O. The zero-order valence-electron chi connectivity index (χ0n) is 12.5. The van der Waals surface area contributed by atoms with Crippen molar-refractivity contribution >= 4 is 5.69 Å². The molecule has 2 atom stereocenters. The van der Waals surface area contributed by atoms with Crippen molar-refractivity contribution in [3.63, 3.8) is 0 Å². The van der Waals surface area contributed by atoms with E-state index in [4.69, 9.17) is 4.74 Å². The molecule has 1 aromatic rings. The molecule has 1 aliphatic rings. The van der Waals surface area contributed by atoms with Crippen LogP contribution >= 0.6 is 0 Å². The maximum absolute atomic E-state index is 5.76. The Hall–Kier alpha value is -1.06. The van der Waals surface area contributed by atoms with Gasteiger partial charge in [0.1, 0.15) is 0 Å². The van der Waals surface area contributed by atoms with Crippen molar-refractivity contribution in [1.82, 2.24) is 5.32 Å². The van der Waals surface area contributed by atoms with Crippen LogP contribution in [0.1, 0.15) is 32.3 Å². The van der Waals surface area contributed by atoms with Gasteiger partial charge in [0.25, 0.3) is 0 Å². The molecule has 2 unspecified atom stereocenters. The van der Waals surface area contributed by atoms with Crippen molar-refractivity contribution < 1.29 is 4.74 Å². The van der Waals surface area contributed by atoms with Crippen LogP contribution in [-0.4, -0.2) is 32.3 Å². The molecule has 3 nitrogen and oxygen atoms in total. The molecule has 1 heterocycles. The van der Waals surface area contributed by atoms with E-state index in [1.807, 2.05) is 0 Å². The van der Waals surface area contributed by atoms with E-state index < -0.39 is 0 Å². The van der Waals surface area contributed by atoms with E-state index in [1.54, 1.807) is 0 Å². The van der Waals surface area contributed by atoms with E-state index in [2.05, 4.69) is 62.4 Å². The van der Waals surface area contributed by atoms with Crippen LogP contribution < -0.4 is 10.2 Å². The van der Waals surface area contributed by atoms with E-state index in [0.717, 1.165) is 19.4 Å². The van der Waals surface area contributed by atoms with Crippen LogP contribution in [0.25, 0.3) is 0 Å². The predicted octanol–water partition coefficient (Wildman–Crippen LogP) is 2.80. The van der Waals surface area contributed by atoms with Crippen molar-refractivity contribution in [3.05, 3.63) is 29.8 Å². The van der Waals surface area contributed by atoms with Gasteiger partial charge in [-0.2, -0.15) is 0 Å². The van der Waals surface area contributed by atoms with Crippen molar-refractivity contribution in [2.45, 2.75) is 51.5 Å². The van der Waals surface area contributed by atoms with Gasteiger partial charge in [-0.15, -0.1) is 0 Å². The molecule has 106 valence electrons. The Morgan fingerprint density at radius 3 is 2.21 bits per heavy atom. The Morgan fingerprint density at radius 1 is 1.11 bits per heavy atom. The number of anilines is 1. The minimum atomic E-state index is 0.373. The van der Waals surface area contributed by atoms with Gasteiger partial charge in [-0.25, -0.2) is 0 Å². The topological polar surface area (TPSA) is 24.5 Å². The predicted molar refractivity (Wildman–Crippen MR) is 80.6 cm³/mol. The summed E-state index contributed by atoms with van der Waals surface area (Å²) >= 11 is 0. The molecule has 1 saturated heterocycles. The van der Waals surface area contributed by atoms with Crippen LogP contribution in [0.4, 0.5) is 5.69 Å². The number of hydrogen-bond donors (Lipinski definition) is 1. The Kier molecular flexibility index (Phi) is 4.83. The largest absolute Gasteiger partial charge is 0.378 e. The summed E-state index contributed by atoms with van der Waals surface area (Å²) in [6.07, 6.45) is 2.97. The van der Waals surface area contributed by atoms with Gasteiger partial charge in [-0.05, 0) is 44.4 Å². The summed E-state index contributed by atoms with van der Waals surface area (Å²) < 4.78 is 5.76. The molecule has 0 aromatic heterocycles. The molecule has 0 radical (unpaired) electrons. The van der Waals surface area contributed by atoms with Crippen molar-refractivity contribution in [2.24, 2.45) is 0 Å². The quantitative estimate of drug-likeness (QED) is 0.903. The summed E-state index contributed by atoms with van der Waals surface area (Å²) in [7, 11) is 4.14. The highest BCUT2D eigenvalue weighted by molar-refractivity contribution is 5.45. The second-order valence-electron chi connectivity index (χ2n) is 5.87. The van der Waals surface area contributed by atoms with Crippen LogP contribution in [0.3, 0.4) is 0 Å². The molecule has 1 fully saturated rings. The van der Waals surface area contributed by atoms with Gasteiger partial charge in [0.2, 0.25) is 0 Å². The molecule has 3 heteroatoms. The zero-order chi connectivity index (χ0) is 13.8. The number of rotatable bonds is 4. The van der Waals surface area contributed by atoms with Crippen LogP contribution in [0.5, 0.6) is 0 Å². The minimum absolute atomic E-state index is 0.373. The lowest BCUT2D eigenvalue weighted by molar-refractivity contribution is -0.0422. The summed E-state index contributed by atoms with van der Waals surface area (Å²) in [5, 5.41) is 3.65. The fourth-order valence-corrected chi connectivity index (χ4v) is 2.75. The van der Waals surface area contributed by atoms with Gasteiger partial charge < -0.3 is 15.0 Å². The van der Waals surface area contributed by atoms with E-state index in [9.17, 15) is 0 Å². The zero-order valence-corrected chi connectivity index (χ0v) is 12.5. The lowest BCUT2D eigenvalue weighted by Gasteiger charge is -2.32. The SMILES string of the molecule is CC1CC(NCc2ccc(N(C)C)cc2)CC(C)O1. The normalized spacial score (nSPS) is 27.3. The maximum Gasteiger partial charge on any atom is 0.0565 e. The number of ether oxygens (including phenoxy) is 1. The van der Waals surface area contributed by atoms with E-state index in [0.29, 0.717) is 18.2 Å². The highest BCUT2D eigenvalue weighted by atomic mass is 16.5. The third-order valence-corrected chi connectivity index (χ3v) is 3.75. The molecule has 0 bridgehead atoms. The number of nitrogens with zero attached hydrogens (tertiary/aromatic N) is 1. The molecule has 1 N–H and O–H groups in total. The van der Waals surface area contributed by atoms with Gasteiger partial charge in [-0.1, -0.05) is 12.1 Å². The highest BCUT2D eigenvalue weighted by Gasteiger charge is 2.23. The summed E-state index contributed by atoms with van der Waals surface area (Å²) in [5.41, 5.74) is 2.59. The third-order valence-electron chi connectivity index (χ3n) is 3.75. The van der Waals surface area contributed by atoms with Crippen LogP contribution in [0.15, 0.2) is 24.3 Å². The van der Waals surface area contributed by atoms with Crippen LogP contribution in [-0.2, 0) is 11.3 Å². The molecule has 0 aliphatic carbocycles. The maximum atomic E-state index is 5.76. The van der Waals surface area contributed by atoms with Crippen LogP contribution in [0.2, 0.25) is 0 Å². The van der Waals surface area contributed by atoms with Gasteiger partial charge in [0, 0.05) is 32.4 Å². The summed E-state index contributed by atoms with van der Waals surface area (Å²) in [4.78, 5) is 2.12. The standard InChI is InChI=1S/C16H26N2O/c1-12-9-15(10-13(2)19-12)17-11-14-5-7-16(8-6-14)18(3)4/h5-8,12-13,15,17H,9-11H2,1-4H3. The van der Waals surface area contributed by atoms with E-state index in [1.165, 1.54) is 11.3 Å². The molecule has 0 saturated carbocycles. The fourth-order valence-electron chi connectivity index (χ4n) is 2.75. The monoisotopic (exact) mass is 262 g/mol. The first-order valence-corrected chi connectivity index (χ1v) is 7.19. The number of hydrogen-bond acceptors (Lipinski definition) is 3. The molecule has 1 aromatic carbocycles. The number of nitrogens with one attached hydrogen (secondary N) is 1. The molecule has 2 rings (SSSR count). The van der Waals surface area contributed by atoms with Gasteiger partial charge in [0.05, 0.1) is 12.2 Å². The van der Waals surface area contributed by atoms with Crippen molar-refractivity contribution in [3.8, 4) is 0 Å². The molecular weight excluding hydrogens is 236 g/mol. The summed E-state index contributed by atoms with van der Waals surface area (Å²) in [6, 6.07) is 9.33. The fraction of sp³-hybridized carbons (Fsp3) is 0.625. The summed E-state index contributed by atoms with van der Waals surface area (Å²) in [5.74, 6) is 0. The number of benzene rings is 1. The minimum Gasteiger partial charge on any atom is -0.378 e. The Balaban J connectivity index is 1.84. The van der Waals surface area contributed by atoms with Gasteiger partial charge >= 0.3 is 0 Å². The van der Waals surface area contributed by atoms with E-state index in [-0.39, 0.29) is 0 Å². The molecule has 0 spiro atoms. The Morgan fingerprint density at radius 2 is 1.68 bits per heavy atom. The lowest BCUT2D eigenvalue weighted by Crippen LogP contribution is -2.40. The Labute approximate surface area is 116 Å². The van der Waals surface area contributed by atoms with Crippen LogP contribution in [0, 0.1) is 0 Å². The first kappa shape index (κ1) is 14.4.